The predicted octanol–water partition coefficient (Wildman–Crippen LogP) is 2.23. The van der Waals surface area contributed by atoms with E-state index in [1.807, 2.05) is 0 Å². The Bertz CT molecular complexity index is 197. The van der Waals surface area contributed by atoms with Gasteiger partial charge < -0.3 is 5.73 Å². The smallest absolute Gasteiger partial charge is 0.0246 e. The standard InChI is InChI=1S/C13H26N2/c1-10(8-11-4-3-5-11)15(2)13(9-14)12-6-7-12/h10-13H,3-9,14H2,1-2H3. The van der Waals surface area contributed by atoms with E-state index in [4.69, 9.17) is 5.73 Å². The van der Waals surface area contributed by atoms with Gasteiger partial charge in [0.25, 0.3) is 0 Å². The summed E-state index contributed by atoms with van der Waals surface area (Å²) in [5.41, 5.74) is 5.89. The predicted molar refractivity (Wildman–Crippen MR) is 64.7 cm³/mol. The highest BCUT2D eigenvalue weighted by molar-refractivity contribution is 4.90. The summed E-state index contributed by atoms with van der Waals surface area (Å²) in [5, 5.41) is 0. The van der Waals surface area contributed by atoms with Crippen molar-refractivity contribution in [1.29, 1.82) is 0 Å². The van der Waals surface area contributed by atoms with E-state index < -0.39 is 0 Å². The van der Waals surface area contributed by atoms with Crippen LogP contribution in [0.3, 0.4) is 0 Å². The van der Waals surface area contributed by atoms with Crippen LogP contribution in [0.15, 0.2) is 0 Å². The monoisotopic (exact) mass is 210 g/mol. The highest BCUT2D eigenvalue weighted by Crippen LogP contribution is 2.37. The van der Waals surface area contributed by atoms with Gasteiger partial charge in [0.15, 0.2) is 0 Å². The third-order valence-electron chi connectivity index (χ3n) is 4.53. The topological polar surface area (TPSA) is 29.3 Å². The van der Waals surface area contributed by atoms with E-state index in [9.17, 15) is 0 Å². The molecule has 2 atom stereocenters. The minimum Gasteiger partial charge on any atom is -0.329 e. The first kappa shape index (κ1) is 11.4. The van der Waals surface area contributed by atoms with Gasteiger partial charge in [-0.25, -0.2) is 0 Å². The number of likely N-dealkylation sites (N-methyl/N-ethyl adjacent to an activating group) is 1. The third-order valence-corrected chi connectivity index (χ3v) is 4.53. The van der Waals surface area contributed by atoms with Crippen molar-refractivity contribution in [3.8, 4) is 0 Å². The summed E-state index contributed by atoms with van der Waals surface area (Å²) in [6.45, 7) is 3.22. The Morgan fingerprint density at radius 3 is 2.33 bits per heavy atom. The van der Waals surface area contributed by atoms with Gasteiger partial charge in [-0.1, -0.05) is 19.3 Å². The molecule has 0 aromatic carbocycles. The molecule has 88 valence electrons. The van der Waals surface area contributed by atoms with Crippen molar-refractivity contribution in [3.05, 3.63) is 0 Å². The highest BCUT2D eigenvalue weighted by atomic mass is 15.2. The van der Waals surface area contributed by atoms with Gasteiger partial charge in [0.2, 0.25) is 0 Å². The molecule has 2 heteroatoms. The maximum absolute atomic E-state index is 5.89. The van der Waals surface area contributed by atoms with E-state index in [1.165, 1.54) is 38.5 Å². The van der Waals surface area contributed by atoms with Crippen molar-refractivity contribution in [2.24, 2.45) is 17.6 Å². The van der Waals surface area contributed by atoms with E-state index in [0.717, 1.165) is 24.4 Å². The minimum atomic E-state index is 0.653. The summed E-state index contributed by atoms with van der Waals surface area (Å²) >= 11 is 0. The van der Waals surface area contributed by atoms with Crippen molar-refractivity contribution in [2.45, 2.75) is 57.5 Å². The van der Waals surface area contributed by atoms with Crippen molar-refractivity contribution >= 4 is 0 Å². The molecule has 2 aliphatic carbocycles. The molecular weight excluding hydrogens is 184 g/mol. The molecule has 2 nitrogen and oxygen atoms in total. The van der Waals surface area contributed by atoms with E-state index in [2.05, 4.69) is 18.9 Å². The fourth-order valence-corrected chi connectivity index (χ4v) is 2.88. The molecule has 0 amide bonds. The Balaban J connectivity index is 1.78. The van der Waals surface area contributed by atoms with Gasteiger partial charge >= 0.3 is 0 Å². The largest absolute Gasteiger partial charge is 0.329 e. The lowest BCUT2D eigenvalue weighted by atomic mass is 9.81. The summed E-state index contributed by atoms with van der Waals surface area (Å²) in [6, 6.07) is 1.38. The molecule has 2 N–H and O–H groups in total. The molecule has 2 aliphatic rings. The van der Waals surface area contributed by atoms with Crippen molar-refractivity contribution < 1.29 is 0 Å². The fraction of sp³-hybridized carbons (Fsp3) is 1.00. The summed E-state index contributed by atoms with van der Waals surface area (Å²) in [5.74, 6) is 1.92. The zero-order valence-corrected chi connectivity index (χ0v) is 10.3. The second-order valence-electron chi connectivity index (χ2n) is 5.69. The van der Waals surface area contributed by atoms with Crippen LogP contribution in [0.2, 0.25) is 0 Å². The molecule has 2 rings (SSSR count). The molecule has 0 bridgehead atoms. The molecule has 2 unspecified atom stereocenters. The molecular formula is C13H26N2. The molecule has 0 aromatic heterocycles. The molecule has 0 heterocycles. The normalized spacial score (nSPS) is 26.4. The number of hydrogen-bond donors (Lipinski definition) is 1. The van der Waals surface area contributed by atoms with Crippen LogP contribution in [-0.4, -0.2) is 30.6 Å². The number of nitrogens with zero attached hydrogens (tertiary/aromatic N) is 1. The Labute approximate surface area is 94.2 Å². The van der Waals surface area contributed by atoms with Crippen LogP contribution >= 0.6 is 0 Å². The minimum absolute atomic E-state index is 0.653. The molecule has 2 fully saturated rings. The van der Waals surface area contributed by atoms with Crippen LogP contribution < -0.4 is 5.73 Å². The molecule has 0 aromatic rings. The lowest BCUT2D eigenvalue weighted by Gasteiger charge is -2.36. The number of nitrogens with two attached hydrogens (primary N) is 1. The zero-order valence-electron chi connectivity index (χ0n) is 10.3. The van der Waals surface area contributed by atoms with Crippen molar-refractivity contribution in [3.63, 3.8) is 0 Å². The maximum atomic E-state index is 5.89. The first-order chi connectivity index (χ1) is 7.22. The van der Waals surface area contributed by atoms with E-state index >= 15 is 0 Å². The van der Waals surface area contributed by atoms with Gasteiger partial charge in [-0.15, -0.1) is 0 Å². The van der Waals surface area contributed by atoms with Crippen LogP contribution in [0.4, 0.5) is 0 Å². The summed E-state index contributed by atoms with van der Waals surface area (Å²) < 4.78 is 0. The second kappa shape index (κ2) is 4.84. The number of hydrogen-bond acceptors (Lipinski definition) is 2. The van der Waals surface area contributed by atoms with Crippen LogP contribution in [0.1, 0.15) is 45.4 Å². The Morgan fingerprint density at radius 2 is 1.93 bits per heavy atom. The van der Waals surface area contributed by atoms with E-state index in [1.54, 1.807) is 0 Å². The fourth-order valence-electron chi connectivity index (χ4n) is 2.88. The van der Waals surface area contributed by atoms with Crippen molar-refractivity contribution in [2.75, 3.05) is 13.6 Å². The number of rotatable bonds is 6. The van der Waals surface area contributed by atoms with Crippen LogP contribution in [0.5, 0.6) is 0 Å². The van der Waals surface area contributed by atoms with Gasteiger partial charge in [0.1, 0.15) is 0 Å². The van der Waals surface area contributed by atoms with Gasteiger partial charge in [0, 0.05) is 18.6 Å². The van der Waals surface area contributed by atoms with Gasteiger partial charge in [-0.05, 0) is 45.1 Å². The first-order valence-electron chi connectivity index (χ1n) is 6.64. The SMILES string of the molecule is CC(CC1CCC1)N(C)C(CN)C1CC1. The van der Waals surface area contributed by atoms with Crippen LogP contribution in [0.25, 0.3) is 0 Å². The van der Waals surface area contributed by atoms with Crippen LogP contribution in [-0.2, 0) is 0 Å². The summed E-state index contributed by atoms with van der Waals surface area (Å²) in [4.78, 5) is 2.55. The summed E-state index contributed by atoms with van der Waals surface area (Å²) in [7, 11) is 2.28. The molecule has 0 radical (unpaired) electrons. The van der Waals surface area contributed by atoms with E-state index in [-0.39, 0.29) is 0 Å². The first-order valence-corrected chi connectivity index (χ1v) is 6.64. The molecule has 0 spiro atoms. The lowest BCUT2D eigenvalue weighted by molar-refractivity contribution is 0.129. The lowest BCUT2D eigenvalue weighted by Crippen LogP contribution is -2.45. The molecule has 0 saturated heterocycles. The average Bonchev–Trinajstić information content (AvgIpc) is 2.96. The van der Waals surface area contributed by atoms with Crippen molar-refractivity contribution in [1.82, 2.24) is 4.90 Å². The molecule has 2 saturated carbocycles. The molecule has 15 heavy (non-hydrogen) atoms. The quantitative estimate of drug-likeness (QED) is 0.728. The summed E-state index contributed by atoms with van der Waals surface area (Å²) in [6.07, 6.45) is 8.60. The van der Waals surface area contributed by atoms with E-state index in [0.29, 0.717) is 6.04 Å². The third kappa shape index (κ3) is 2.73. The maximum Gasteiger partial charge on any atom is 0.0246 e. The zero-order chi connectivity index (χ0) is 10.8. The van der Waals surface area contributed by atoms with Gasteiger partial charge in [-0.3, -0.25) is 4.90 Å². The van der Waals surface area contributed by atoms with Gasteiger partial charge in [0.05, 0.1) is 0 Å². The molecule has 0 aliphatic heterocycles. The highest BCUT2D eigenvalue weighted by Gasteiger charge is 2.35. The van der Waals surface area contributed by atoms with Gasteiger partial charge in [-0.2, -0.15) is 0 Å². The Hall–Kier alpha value is -0.0800. The Morgan fingerprint density at radius 1 is 1.27 bits per heavy atom. The Kier molecular flexibility index (Phi) is 3.68. The van der Waals surface area contributed by atoms with Crippen LogP contribution in [0, 0.1) is 11.8 Å². The average molecular weight is 210 g/mol. The second-order valence-corrected chi connectivity index (χ2v) is 5.69.